The van der Waals surface area contributed by atoms with Crippen LogP contribution >= 0.6 is 0 Å². The Morgan fingerprint density at radius 1 is 1.35 bits per heavy atom. The number of hydrogen-bond donors (Lipinski definition) is 2. The van der Waals surface area contributed by atoms with E-state index in [2.05, 4.69) is 10.3 Å². The highest BCUT2D eigenvalue weighted by Gasteiger charge is 2.29. The molecule has 1 fully saturated rings. The molecule has 0 aliphatic carbocycles. The number of pyridine rings is 1. The number of benzene rings is 1. The summed E-state index contributed by atoms with van der Waals surface area (Å²) in [6, 6.07) is 7.49. The maximum atomic E-state index is 12.0. The van der Waals surface area contributed by atoms with Crippen LogP contribution in [0.3, 0.4) is 0 Å². The van der Waals surface area contributed by atoms with Gasteiger partial charge in [-0.15, -0.1) is 0 Å². The first kappa shape index (κ1) is 12.6. The molecule has 102 valence electrons. The Kier molecular flexibility index (Phi) is 2.89. The predicted octanol–water partition coefficient (Wildman–Crippen LogP) is 1.65. The third-order valence-corrected chi connectivity index (χ3v) is 3.74. The van der Waals surface area contributed by atoms with Crippen LogP contribution in [0.4, 0.5) is 5.69 Å². The fourth-order valence-electron chi connectivity index (χ4n) is 2.67. The molecule has 1 aliphatic heterocycles. The number of nitrogen functional groups attached to an aromatic ring is 1. The molecule has 0 bridgehead atoms. The van der Waals surface area contributed by atoms with Crippen LogP contribution in [0, 0.1) is 6.92 Å². The van der Waals surface area contributed by atoms with Gasteiger partial charge in [-0.3, -0.25) is 19.9 Å². The Bertz CT molecular complexity index is 724. The molecular weight excluding hydrogens is 254 g/mol. The summed E-state index contributed by atoms with van der Waals surface area (Å²) in [4.78, 5) is 27.7. The number of imide groups is 1. The molecular formula is C15H15N3O2. The van der Waals surface area contributed by atoms with E-state index in [1.54, 1.807) is 0 Å². The highest BCUT2D eigenvalue weighted by atomic mass is 16.2. The van der Waals surface area contributed by atoms with Crippen molar-refractivity contribution < 1.29 is 9.59 Å². The first-order valence-electron chi connectivity index (χ1n) is 6.55. The number of aromatic nitrogens is 1. The van der Waals surface area contributed by atoms with Crippen LogP contribution in [0.2, 0.25) is 0 Å². The third kappa shape index (κ3) is 2.01. The number of rotatable bonds is 1. The lowest BCUT2D eigenvalue weighted by molar-refractivity contribution is -0.134. The van der Waals surface area contributed by atoms with Crippen molar-refractivity contribution in [2.45, 2.75) is 25.7 Å². The molecule has 0 saturated carbocycles. The predicted molar refractivity (Wildman–Crippen MR) is 76.0 cm³/mol. The van der Waals surface area contributed by atoms with Crippen molar-refractivity contribution >= 4 is 28.4 Å². The van der Waals surface area contributed by atoms with Gasteiger partial charge in [-0.25, -0.2) is 0 Å². The maximum Gasteiger partial charge on any atom is 0.234 e. The molecule has 1 unspecified atom stereocenters. The molecule has 1 aromatic heterocycles. The number of piperidine rings is 1. The molecule has 3 N–H and O–H groups in total. The standard InChI is InChI=1S/C15H15N3O2/c1-8-10(9-5-6-14(19)18-15(9)20)7-11-12(16)3-2-4-13(11)17-8/h2-4,7,9H,5-6,16H2,1H3,(H,18,19,20). The van der Waals surface area contributed by atoms with E-state index in [0.29, 0.717) is 18.5 Å². The lowest BCUT2D eigenvalue weighted by Gasteiger charge is -2.22. The van der Waals surface area contributed by atoms with Gasteiger partial charge >= 0.3 is 0 Å². The Morgan fingerprint density at radius 3 is 2.90 bits per heavy atom. The van der Waals surface area contributed by atoms with E-state index < -0.39 is 0 Å². The summed E-state index contributed by atoms with van der Waals surface area (Å²) in [6.45, 7) is 1.88. The number of nitrogens with two attached hydrogens (primary N) is 1. The van der Waals surface area contributed by atoms with E-state index in [1.807, 2.05) is 31.2 Å². The largest absolute Gasteiger partial charge is 0.398 e. The minimum absolute atomic E-state index is 0.211. The average molecular weight is 269 g/mol. The van der Waals surface area contributed by atoms with Crippen LogP contribution in [0.5, 0.6) is 0 Å². The Morgan fingerprint density at radius 2 is 2.15 bits per heavy atom. The van der Waals surface area contributed by atoms with Crippen LogP contribution in [-0.2, 0) is 9.59 Å². The van der Waals surface area contributed by atoms with Gasteiger partial charge in [0.25, 0.3) is 0 Å². The molecule has 5 nitrogen and oxygen atoms in total. The van der Waals surface area contributed by atoms with Gasteiger partial charge in [0.15, 0.2) is 0 Å². The molecule has 2 aromatic rings. The number of carbonyl (C=O) groups is 2. The molecule has 1 atom stereocenters. The average Bonchev–Trinajstić information content (AvgIpc) is 2.39. The van der Waals surface area contributed by atoms with E-state index in [1.165, 1.54) is 0 Å². The minimum atomic E-state index is -0.329. The highest BCUT2D eigenvalue weighted by Crippen LogP contribution is 2.30. The summed E-state index contributed by atoms with van der Waals surface area (Å²) >= 11 is 0. The second kappa shape index (κ2) is 4.59. The number of nitrogens with zero attached hydrogens (tertiary/aromatic N) is 1. The van der Waals surface area contributed by atoms with Gasteiger partial charge in [-0.2, -0.15) is 0 Å². The molecule has 2 heterocycles. The van der Waals surface area contributed by atoms with E-state index in [9.17, 15) is 9.59 Å². The van der Waals surface area contributed by atoms with Gasteiger partial charge in [-0.1, -0.05) is 6.07 Å². The van der Waals surface area contributed by atoms with Crippen molar-refractivity contribution in [3.8, 4) is 0 Å². The number of hydrogen-bond acceptors (Lipinski definition) is 4. The van der Waals surface area contributed by atoms with Gasteiger partial charge in [-0.05, 0) is 37.1 Å². The van der Waals surface area contributed by atoms with Crippen molar-refractivity contribution in [2.75, 3.05) is 5.73 Å². The lowest BCUT2D eigenvalue weighted by atomic mass is 9.88. The zero-order valence-corrected chi connectivity index (χ0v) is 11.1. The van der Waals surface area contributed by atoms with Crippen molar-refractivity contribution in [1.29, 1.82) is 0 Å². The first-order valence-corrected chi connectivity index (χ1v) is 6.55. The number of nitrogens with one attached hydrogen (secondary N) is 1. The number of fused-ring (bicyclic) bond motifs is 1. The van der Waals surface area contributed by atoms with E-state index in [0.717, 1.165) is 22.2 Å². The van der Waals surface area contributed by atoms with Crippen LogP contribution in [0.15, 0.2) is 24.3 Å². The van der Waals surface area contributed by atoms with Gasteiger partial charge in [0.1, 0.15) is 0 Å². The SMILES string of the molecule is Cc1nc2cccc(N)c2cc1C1CCC(=O)NC1=O. The molecule has 2 amide bonds. The second-order valence-corrected chi connectivity index (χ2v) is 5.08. The molecule has 3 rings (SSSR count). The Labute approximate surface area is 116 Å². The molecule has 1 saturated heterocycles. The van der Waals surface area contributed by atoms with Crippen molar-refractivity contribution in [3.63, 3.8) is 0 Å². The smallest absolute Gasteiger partial charge is 0.234 e. The lowest BCUT2D eigenvalue weighted by Crippen LogP contribution is -2.39. The number of aryl methyl sites for hydroxylation is 1. The normalized spacial score (nSPS) is 19.1. The fourth-order valence-corrected chi connectivity index (χ4v) is 2.67. The van der Waals surface area contributed by atoms with E-state index in [4.69, 9.17) is 5.73 Å². The quantitative estimate of drug-likeness (QED) is 0.609. The molecule has 0 radical (unpaired) electrons. The number of carbonyl (C=O) groups excluding carboxylic acids is 2. The Hall–Kier alpha value is -2.43. The van der Waals surface area contributed by atoms with E-state index >= 15 is 0 Å². The summed E-state index contributed by atoms with van der Waals surface area (Å²) < 4.78 is 0. The van der Waals surface area contributed by atoms with Crippen molar-refractivity contribution in [2.24, 2.45) is 0 Å². The number of amides is 2. The minimum Gasteiger partial charge on any atom is -0.398 e. The van der Waals surface area contributed by atoms with Crippen molar-refractivity contribution in [1.82, 2.24) is 10.3 Å². The van der Waals surface area contributed by atoms with Gasteiger partial charge in [0.05, 0.1) is 11.4 Å². The van der Waals surface area contributed by atoms with Gasteiger partial charge in [0, 0.05) is 23.2 Å². The second-order valence-electron chi connectivity index (χ2n) is 5.08. The fraction of sp³-hybridized carbons (Fsp3) is 0.267. The molecule has 20 heavy (non-hydrogen) atoms. The zero-order chi connectivity index (χ0) is 14.3. The molecule has 1 aliphatic rings. The van der Waals surface area contributed by atoms with Gasteiger partial charge < -0.3 is 5.73 Å². The molecule has 1 aromatic carbocycles. The third-order valence-electron chi connectivity index (χ3n) is 3.74. The van der Waals surface area contributed by atoms with Crippen molar-refractivity contribution in [3.05, 3.63) is 35.5 Å². The summed E-state index contributed by atoms with van der Waals surface area (Å²) in [5.41, 5.74) is 9.08. The summed E-state index contributed by atoms with van der Waals surface area (Å²) in [7, 11) is 0. The molecule has 0 spiro atoms. The molecule has 5 heteroatoms. The monoisotopic (exact) mass is 269 g/mol. The maximum absolute atomic E-state index is 12.0. The summed E-state index contributed by atoms with van der Waals surface area (Å²) in [5, 5.41) is 3.23. The topological polar surface area (TPSA) is 85.1 Å². The summed E-state index contributed by atoms with van der Waals surface area (Å²) in [5.74, 6) is -0.790. The highest BCUT2D eigenvalue weighted by molar-refractivity contribution is 6.01. The van der Waals surface area contributed by atoms with Crippen LogP contribution in [-0.4, -0.2) is 16.8 Å². The van der Waals surface area contributed by atoms with Gasteiger partial charge in [0.2, 0.25) is 11.8 Å². The Balaban J connectivity index is 2.11. The van der Waals surface area contributed by atoms with Crippen LogP contribution in [0.25, 0.3) is 10.9 Å². The summed E-state index contributed by atoms with van der Waals surface area (Å²) in [6.07, 6.45) is 0.879. The van der Waals surface area contributed by atoms with E-state index in [-0.39, 0.29) is 17.7 Å². The van der Waals surface area contributed by atoms with Crippen LogP contribution < -0.4 is 11.1 Å². The first-order chi connectivity index (χ1) is 9.56. The number of anilines is 1. The zero-order valence-electron chi connectivity index (χ0n) is 11.1. The van der Waals surface area contributed by atoms with Crippen LogP contribution in [0.1, 0.15) is 30.0 Å².